The maximum absolute atomic E-state index is 12.2. The van der Waals surface area contributed by atoms with Crippen molar-refractivity contribution in [3.8, 4) is 0 Å². The summed E-state index contributed by atoms with van der Waals surface area (Å²) < 4.78 is 5.53. The van der Waals surface area contributed by atoms with Crippen molar-refractivity contribution in [2.45, 2.75) is 180 Å². The van der Waals surface area contributed by atoms with Crippen molar-refractivity contribution in [1.82, 2.24) is 0 Å². The second-order valence-corrected chi connectivity index (χ2v) is 10.3. The van der Waals surface area contributed by atoms with Crippen LogP contribution in [0.25, 0.3) is 0 Å². The molecule has 1 atom stereocenters. The fourth-order valence-corrected chi connectivity index (χ4v) is 4.61. The van der Waals surface area contributed by atoms with Crippen molar-refractivity contribution in [2.24, 2.45) is 0 Å². The van der Waals surface area contributed by atoms with E-state index in [9.17, 15) is 9.59 Å². The van der Waals surface area contributed by atoms with E-state index in [0.717, 1.165) is 25.7 Å². The molecule has 0 aliphatic heterocycles. The number of hydrogen-bond acceptors (Lipinski definition) is 3. The van der Waals surface area contributed by atoms with Gasteiger partial charge in [0, 0.05) is 6.42 Å². The maximum atomic E-state index is 12.2. The first-order valence-electron chi connectivity index (χ1n) is 15.0. The number of ether oxygens (including phenoxy) is 1. The minimum absolute atomic E-state index is 0.0677. The molecule has 4 heteroatoms. The number of hydrogen-bond donors (Lipinski definition) is 1. The Kier molecular flexibility index (Phi) is 25.7. The van der Waals surface area contributed by atoms with Gasteiger partial charge < -0.3 is 9.84 Å². The highest BCUT2D eigenvalue weighted by molar-refractivity contribution is 5.71. The Bertz CT molecular complexity index is 449. The molecule has 0 aromatic rings. The third-order valence-electron chi connectivity index (χ3n) is 6.81. The predicted molar refractivity (Wildman–Crippen MR) is 144 cm³/mol. The zero-order valence-electron chi connectivity index (χ0n) is 22.9. The number of rotatable bonds is 27. The Morgan fingerprint density at radius 1 is 0.559 bits per heavy atom. The molecule has 0 heterocycles. The highest BCUT2D eigenvalue weighted by atomic mass is 16.5. The third-order valence-corrected chi connectivity index (χ3v) is 6.81. The van der Waals surface area contributed by atoms with Gasteiger partial charge in [0.25, 0.3) is 0 Å². The monoisotopic (exact) mass is 482 g/mol. The lowest BCUT2D eigenvalue weighted by Crippen LogP contribution is -2.21. The molecule has 0 aromatic carbocycles. The fourth-order valence-electron chi connectivity index (χ4n) is 4.61. The summed E-state index contributed by atoms with van der Waals surface area (Å²) in [4.78, 5) is 23.3. The van der Waals surface area contributed by atoms with E-state index in [1.165, 1.54) is 116 Å². The lowest BCUT2D eigenvalue weighted by Gasteiger charge is -2.16. The van der Waals surface area contributed by atoms with E-state index < -0.39 is 12.1 Å². The summed E-state index contributed by atoms with van der Waals surface area (Å²) in [5.74, 6) is -1.10. The van der Waals surface area contributed by atoms with Crippen LogP contribution in [0.4, 0.5) is 0 Å². The molecule has 0 bridgehead atoms. The molecule has 0 fully saturated rings. The molecule has 0 rings (SSSR count). The van der Waals surface area contributed by atoms with Gasteiger partial charge in [-0.15, -0.1) is 0 Å². The number of esters is 1. The highest BCUT2D eigenvalue weighted by Crippen LogP contribution is 2.16. The average molecular weight is 483 g/mol. The molecule has 0 aliphatic carbocycles. The first-order chi connectivity index (χ1) is 16.6. The number of unbranched alkanes of at least 4 members (excludes halogenated alkanes) is 20. The van der Waals surface area contributed by atoms with Gasteiger partial charge in [0.2, 0.25) is 0 Å². The quantitative estimate of drug-likeness (QED) is 0.0934. The summed E-state index contributed by atoms with van der Waals surface area (Å²) in [6.07, 6.45) is 28.2. The van der Waals surface area contributed by atoms with E-state index in [-0.39, 0.29) is 12.4 Å². The molecule has 0 unspecified atom stereocenters. The topological polar surface area (TPSA) is 63.6 Å². The number of carboxylic acid groups (broad SMARTS) is 1. The molecule has 0 spiro atoms. The third kappa shape index (κ3) is 25.6. The molecule has 34 heavy (non-hydrogen) atoms. The van der Waals surface area contributed by atoms with Gasteiger partial charge in [-0.3, -0.25) is 9.59 Å². The van der Waals surface area contributed by atoms with Crippen LogP contribution in [0.2, 0.25) is 0 Å². The molecule has 0 saturated heterocycles. The highest BCUT2D eigenvalue weighted by Gasteiger charge is 2.17. The first kappa shape index (κ1) is 32.9. The number of carboxylic acids is 1. The van der Waals surface area contributed by atoms with Gasteiger partial charge in [-0.2, -0.15) is 0 Å². The molecule has 0 amide bonds. The molecular weight excluding hydrogens is 424 g/mol. The summed E-state index contributed by atoms with van der Waals surface area (Å²) in [5, 5.41) is 9.16. The maximum Gasteiger partial charge on any atom is 0.307 e. The summed E-state index contributed by atoms with van der Waals surface area (Å²) in [6, 6.07) is 0. The van der Waals surface area contributed by atoms with E-state index in [1.807, 2.05) is 0 Å². The van der Waals surface area contributed by atoms with Gasteiger partial charge >= 0.3 is 11.9 Å². The molecule has 0 radical (unpaired) electrons. The van der Waals surface area contributed by atoms with E-state index in [4.69, 9.17) is 9.84 Å². The molecule has 4 nitrogen and oxygen atoms in total. The molecule has 1 N–H and O–H groups in total. The summed E-state index contributed by atoms with van der Waals surface area (Å²) in [6.45, 7) is 4.50. The minimum atomic E-state index is -0.879. The van der Waals surface area contributed by atoms with Crippen LogP contribution in [0, 0.1) is 0 Å². The van der Waals surface area contributed by atoms with E-state index in [1.54, 1.807) is 0 Å². The Balaban J connectivity index is 3.70. The summed E-state index contributed by atoms with van der Waals surface area (Å²) in [5.41, 5.74) is 0. The number of carbonyl (C=O) groups excluding carboxylic acids is 1. The standard InChI is InChI=1S/C30H58O4/c1-3-5-7-9-11-13-15-17-19-21-23-25-28(27-29(31)32)34-30(33)26-24-22-20-18-16-14-12-10-8-6-4-2/h28H,3-27H2,1-2H3,(H,31,32)/t28-/m1/s1. The predicted octanol–water partition coefficient (Wildman–Crippen LogP) is 9.78. The smallest absolute Gasteiger partial charge is 0.307 e. The number of carbonyl (C=O) groups is 2. The van der Waals surface area contributed by atoms with E-state index in [2.05, 4.69) is 13.8 Å². The van der Waals surface area contributed by atoms with Crippen molar-refractivity contribution < 1.29 is 19.4 Å². The Hall–Kier alpha value is -1.06. The van der Waals surface area contributed by atoms with E-state index >= 15 is 0 Å². The zero-order valence-corrected chi connectivity index (χ0v) is 22.9. The van der Waals surface area contributed by atoms with Crippen LogP contribution in [-0.2, 0) is 14.3 Å². The van der Waals surface area contributed by atoms with Crippen molar-refractivity contribution in [2.75, 3.05) is 0 Å². The van der Waals surface area contributed by atoms with Crippen molar-refractivity contribution in [1.29, 1.82) is 0 Å². The SMILES string of the molecule is CCCCCCCCCCCCCC(=O)O[C@H](CCCCCCCCCCCCC)CC(=O)O. The minimum Gasteiger partial charge on any atom is -0.481 e. The van der Waals surface area contributed by atoms with Crippen LogP contribution in [0.5, 0.6) is 0 Å². The molecular formula is C30H58O4. The van der Waals surface area contributed by atoms with Crippen molar-refractivity contribution in [3.05, 3.63) is 0 Å². The van der Waals surface area contributed by atoms with Crippen molar-refractivity contribution >= 4 is 11.9 Å². The van der Waals surface area contributed by atoms with Gasteiger partial charge in [-0.25, -0.2) is 0 Å². The average Bonchev–Trinajstić information content (AvgIpc) is 2.80. The Morgan fingerprint density at radius 3 is 1.29 bits per heavy atom. The van der Waals surface area contributed by atoms with Crippen LogP contribution < -0.4 is 0 Å². The van der Waals surface area contributed by atoms with Crippen molar-refractivity contribution in [3.63, 3.8) is 0 Å². The van der Waals surface area contributed by atoms with Crippen LogP contribution >= 0.6 is 0 Å². The zero-order chi connectivity index (χ0) is 25.1. The van der Waals surface area contributed by atoms with Gasteiger partial charge in [-0.05, 0) is 19.3 Å². The van der Waals surface area contributed by atoms with Gasteiger partial charge in [0.1, 0.15) is 6.10 Å². The molecule has 0 aliphatic rings. The first-order valence-corrected chi connectivity index (χ1v) is 15.0. The van der Waals surface area contributed by atoms with Gasteiger partial charge in [-0.1, -0.05) is 142 Å². The van der Waals surface area contributed by atoms with Crippen LogP contribution in [0.15, 0.2) is 0 Å². The lowest BCUT2D eigenvalue weighted by atomic mass is 10.0. The molecule has 202 valence electrons. The van der Waals surface area contributed by atoms with Crippen LogP contribution in [-0.4, -0.2) is 23.1 Å². The second kappa shape index (κ2) is 26.5. The van der Waals surface area contributed by atoms with Crippen LogP contribution in [0.3, 0.4) is 0 Å². The largest absolute Gasteiger partial charge is 0.481 e. The summed E-state index contributed by atoms with van der Waals surface area (Å²) >= 11 is 0. The van der Waals surface area contributed by atoms with E-state index in [0.29, 0.717) is 12.8 Å². The van der Waals surface area contributed by atoms with Gasteiger partial charge in [0.15, 0.2) is 0 Å². The lowest BCUT2D eigenvalue weighted by molar-refractivity contribution is -0.153. The Morgan fingerprint density at radius 2 is 0.912 bits per heavy atom. The molecule has 0 saturated carbocycles. The Labute approximate surface area is 212 Å². The normalized spacial score (nSPS) is 12.1. The number of aliphatic carboxylic acids is 1. The summed E-state index contributed by atoms with van der Waals surface area (Å²) in [7, 11) is 0. The molecule has 0 aromatic heterocycles. The second-order valence-electron chi connectivity index (χ2n) is 10.3. The fraction of sp³-hybridized carbons (Fsp3) is 0.933. The van der Waals surface area contributed by atoms with Crippen LogP contribution in [0.1, 0.15) is 174 Å². The van der Waals surface area contributed by atoms with Gasteiger partial charge in [0.05, 0.1) is 6.42 Å².